The van der Waals surface area contributed by atoms with Crippen LogP contribution in [0.4, 0.5) is 11.6 Å². The molecule has 2 aromatic heterocycles. The number of nitrogens with zero attached hydrogens (tertiary/aromatic N) is 2. The summed E-state index contributed by atoms with van der Waals surface area (Å²) in [5, 5.41) is 10.9. The smallest absolute Gasteiger partial charge is 0.272 e. The fraction of sp³-hybridized carbons (Fsp3) is 0.385. The lowest BCUT2D eigenvalue weighted by atomic mass is 10.3. The third kappa shape index (κ3) is 4.40. The molecule has 0 aromatic carbocycles. The number of nitrogens with one attached hydrogen (secondary N) is 2. The summed E-state index contributed by atoms with van der Waals surface area (Å²) in [6, 6.07) is 6.65. The van der Waals surface area contributed by atoms with E-state index >= 15 is 0 Å². The van der Waals surface area contributed by atoms with Crippen molar-refractivity contribution < 1.29 is 8.42 Å². The molecular weight excluding hydrogens is 308 g/mol. The molecule has 2 N–H and O–H groups in total. The topological polar surface area (TPSA) is 84.0 Å². The first-order chi connectivity index (χ1) is 10.0. The van der Waals surface area contributed by atoms with Crippen LogP contribution in [0.1, 0.15) is 24.6 Å². The molecule has 2 heterocycles. The molecule has 21 heavy (non-hydrogen) atoms. The van der Waals surface area contributed by atoms with E-state index in [1.807, 2.05) is 6.92 Å². The largest absolute Gasteiger partial charge is 0.369 e. The highest BCUT2D eigenvalue weighted by Gasteiger charge is 2.17. The SMILES string of the molecule is CCCCNc1ccc(NS(=O)(=O)c2ccc(C)s2)nn1. The fourth-order valence-corrected chi connectivity index (χ4v) is 3.90. The summed E-state index contributed by atoms with van der Waals surface area (Å²) in [4.78, 5) is 0.942. The van der Waals surface area contributed by atoms with Crippen molar-refractivity contribution in [3.8, 4) is 0 Å². The lowest BCUT2D eigenvalue weighted by Crippen LogP contribution is -2.13. The fourth-order valence-electron chi connectivity index (χ4n) is 1.62. The van der Waals surface area contributed by atoms with Gasteiger partial charge in [-0.25, -0.2) is 8.42 Å². The number of hydrogen-bond acceptors (Lipinski definition) is 6. The molecule has 6 nitrogen and oxygen atoms in total. The van der Waals surface area contributed by atoms with Crippen LogP contribution in [-0.2, 0) is 10.0 Å². The summed E-state index contributed by atoms with van der Waals surface area (Å²) in [6.45, 7) is 4.79. The van der Waals surface area contributed by atoms with Crippen molar-refractivity contribution in [3.63, 3.8) is 0 Å². The van der Waals surface area contributed by atoms with Crippen molar-refractivity contribution in [1.82, 2.24) is 10.2 Å². The number of rotatable bonds is 7. The summed E-state index contributed by atoms with van der Waals surface area (Å²) in [5.41, 5.74) is 0. The molecule has 0 aliphatic carbocycles. The van der Waals surface area contributed by atoms with Gasteiger partial charge in [-0.1, -0.05) is 13.3 Å². The Morgan fingerprint density at radius 2 is 1.86 bits per heavy atom. The van der Waals surface area contributed by atoms with Gasteiger partial charge in [-0.3, -0.25) is 4.72 Å². The summed E-state index contributed by atoms with van der Waals surface area (Å²) in [7, 11) is -3.58. The highest BCUT2D eigenvalue weighted by atomic mass is 32.2. The molecule has 0 atom stereocenters. The van der Waals surface area contributed by atoms with Gasteiger partial charge in [-0.05, 0) is 37.6 Å². The minimum absolute atomic E-state index is 0.210. The zero-order chi connectivity index (χ0) is 15.3. The Kier molecular flexibility index (Phi) is 5.13. The quantitative estimate of drug-likeness (QED) is 0.764. The van der Waals surface area contributed by atoms with Gasteiger partial charge in [0.05, 0.1) is 0 Å². The summed E-state index contributed by atoms with van der Waals surface area (Å²) in [5.74, 6) is 0.848. The van der Waals surface area contributed by atoms with Gasteiger partial charge in [0.2, 0.25) is 0 Å². The Labute approximate surface area is 128 Å². The molecule has 0 unspecified atom stereocenters. The number of anilines is 2. The Morgan fingerprint density at radius 1 is 1.14 bits per heavy atom. The number of aromatic nitrogens is 2. The number of unbranched alkanes of at least 4 members (excludes halogenated alkanes) is 1. The summed E-state index contributed by atoms with van der Waals surface area (Å²) >= 11 is 1.22. The van der Waals surface area contributed by atoms with Gasteiger partial charge < -0.3 is 5.32 Å². The molecule has 8 heteroatoms. The van der Waals surface area contributed by atoms with Crippen LogP contribution in [0.15, 0.2) is 28.5 Å². The van der Waals surface area contributed by atoms with Crippen LogP contribution in [-0.4, -0.2) is 25.2 Å². The van der Waals surface area contributed by atoms with Crippen LogP contribution in [0, 0.1) is 6.92 Å². The van der Waals surface area contributed by atoms with E-state index in [0.29, 0.717) is 5.82 Å². The van der Waals surface area contributed by atoms with E-state index in [-0.39, 0.29) is 10.0 Å². The zero-order valence-corrected chi connectivity index (χ0v) is 13.6. The number of thiophene rings is 1. The van der Waals surface area contributed by atoms with Gasteiger partial charge in [0.15, 0.2) is 5.82 Å². The van der Waals surface area contributed by atoms with Gasteiger partial charge in [0.25, 0.3) is 10.0 Å². The lowest BCUT2D eigenvalue weighted by Gasteiger charge is -2.06. The maximum absolute atomic E-state index is 12.1. The maximum Gasteiger partial charge on any atom is 0.272 e. The van der Waals surface area contributed by atoms with Gasteiger partial charge >= 0.3 is 0 Å². The molecule has 0 amide bonds. The molecule has 0 bridgehead atoms. The molecule has 0 spiro atoms. The van der Waals surface area contributed by atoms with Crippen molar-refractivity contribution >= 4 is 33.0 Å². The summed E-state index contributed by atoms with van der Waals surface area (Å²) in [6.07, 6.45) is 2.15. The normalized spacial score (nSPS) is 11.3. The third-order valence-electron chi connectivity index (χ3n) is 2.72. The third-order valence-corrected chi connectivity index (χ3v) is 5.57. The minimum atomic E-state index is -3.58. The van der Waals surface area contributed by atoms with Gasteiger partial charge in [0.1, 0.15) is 10.0 Å². The highest BCUT2D eigenvalue weighted by molar-refractivity contribution is 7.94. The Morgan fingerprint density at radius 3 is 2.43 bits per heavy atom. The molecule has 0 radical (unpaired) electrons. The number of aryl methyl sites for hydroxylation is 1. The molecule has 0 saturated carbocycles. The second-order valence-electron chi connectivity index (χ2n) is 4.55. The molecule has 0 fully saturated rings. The van der Waals surface area contributed by atoms with Crippen LogP contribution < -0.4 is 10.0 Å². The van der Waals surface area contributed by atoms with Crippen molar-refractivity contribution in [1.29, 1.82) is 0 Å². The highest BCUT2D eigenvalue weighted by Crippen LogP contribution is 2.22. The molecule has 0 aliphatic heterocycles. The zero-order valence-electron chi connectivity index (χ0n) is 12.0. The Bertz CT molecular complexity index is 680. The van der Waals surface area contributed by atoms with Gasteiger partial charge in [-0.15, -0.1) is 21.5 Å². The molecule has 2 aromatic rings. The van der Waals surface area contributed by atoms with Crippen LogP contribution >= 0.6 is 11.3 Å². The van der Waals surface area contributed by atoms with E-state index in [9.17, 15) is 8.42 Å². The molecule has 0 saturated heterocycles. The second-order valence-corrected chi connectivity index (χ2v) is 7.75. The molecule has 114 valence electrons. The van der Waals surface area contributed by atoms with E-state index in [2.05, 4.69) is 27.2 Å². The van der Waals surface area contributed by atoms with E-state index in [1.165, 1.54) is 11.3 Å². The molecular formula is C13H18N4O2S2. The van der Waals surface area contributed by atoms with E-state index < -0.39 is 10.0 Å². The molecule has 0 aliphatic rings. The lowest BCUT2D eigenvalue weighted by molar-refractivity contribution is 0.603. The average Bonchev–Trinajstić information content (AvgIpc) is 2.88. The van der Waals surface area contributed by atoms with Crippen molar-refractivity contribution in [2.24, 2.45) is 0 Å². The monoisotopic (exact) mass is 326 g/mol. The van der Waals surface area contributed by atoms with Gasteiger partial charge in [-0.2, -0.15) is 0 Å². The summed E-state index contributed by atoms with van der Waals surface area (Å²) < 4.78 is 26.9. The van der Waals surface area contributed by atoms with E-state index in [1.54, 1.807) is 24.3 Å². The van der Waals surface area contributed by atoms with Crippen molar-refractivity contribution in [2.75, 3.05) is 16.6 Å². The minimum Gasteiger partial charge on any atom is -0.369 e. The number of hydrogen-bond donors (Lipinski definition) is 2. The van der Waals surface area contributed by atoms with Crippen molar-refractivity contribution in [3.05, 3.63) is 29.1 Å². The first-order valence-corrected chi connectivity index (χ1v) is 8.98. The second kappa shape index (κ2) is 6.86. The van der Waals surface area contributed by atoms with Crippen LogP contribution in [0.3, 0.4) is 0 Å². The van der Waals surface area contributed by atoms with Crippen LogP contribution in [0.2, 0.25) is 0 Å². The van der Waals surface area contributed by atoms with E-state index in [4.69, 9.17) is 0 Å². The first-order valence-electron chi connectivity index (χ1n) is 6.68. The predicted octanol–water partition coefficient (Wildman–Crippen LogP) is 2.86. The Balaban J connectivity index is 2.03. The van der Waals surface area contributed by atoms with Gasteiger partial charge in [0, 0.05) is 11.4 Å². The van der Waals surface area contributed by atoms with Crippen LogP contribution in [0.5, 0.6) is 0 Å². The Hall–Kier alpha value is -1.67. The average molecular weight is 326 g/mol. The number of sulfonamides is 1. The maximum atomic E-state index is 12.1. The predicted molar refractivity (Wildman–Crippen MR) is 85.3 cm³/mol. The molecule has 2 rings (SSSR count). The van der Waals surface area contributed by atoms with Crippen molar-refractivity contribution in [2.45, 2.75) is 30.9 Å². The van der Waals surface area contributed by atoms with E-state index in [0.717, 1.165) is 24.3 Å². The first kappa shape index (κ1) is 15.7. The standard InChI is InChI=1S/C13H18N4O2S2/c1-3-4-9-14-11-6-7-12(16-15-11)17-21(18,19)13-8-5-10(2)20-13/h5-8H,3-4,9H2,1-2H3,(H,14,15)(H,16,17). The van der Waals surface area contributed by atoms with Crippen LogP contribution in [0.25, 0.3) is 0 Å².